The van der Waals surface area contributed by atoms with E-state index in [1.807, 2.05) is 0 Å². The molecule has 0 bridgehead atoms. The minimum Gasteiger partial charge on any atom is -0.319 e. The number of nitrogens with zero attached hydrogens (tertiary/aromatic N) is 3. The molecule has 0 aliphatic carbocycles. The molecule has 1 saturated heterocycles. The van der Waals surface area contributed by atoms with Crippen molar-refractivity contribution in [3.05, 3.63) is 102 Å². The van der Waals surface area contributed by atoms with Gasteiger partial charge in [-0.25, -0.2) is 13.2 Å². The Hall–Kier alpha value is -4.50. The lowest BCUT2D eigenvalue weighted by molar-refractivity contribution is 0.102. The fourth-order valence-electron chi connectivity index (χ4n) is 5.16. The minimum absolute atomic E-state index is 0.0976. The van der Waals surface area contributed by atoms with Crippen molar-refractivity contribution in [1.29, 1.82) is 0 Å². The lowest BCUT2D eigenvalue weighted by Gasteiger charge is -2.26. The highest BCUT2D eigenvalue weighted by molar-refractivity contribution is 6.11. The Morgan fingerprint density at radius 3 is 2.50 bits per heavy atom. The number of halogens is 3. The van der Waals surface area contributed by atoms with E-state index < -0.39 is 17.5 Å². The van der Waals surface area contributed by atoms with Crippen molar-refractivity contribution >= 4 is 22.5 Å². The summed E-state index contributed by atoms with van der Waals surface area (Å²) in [4.78, 5) is 19.6. The van der Waals surface area contributed by atoms with E-state index in [1.165, 1.54) is 24.8 Å². The van der Waals surface area contributed by atoms with Crippen LogP contribution in [0.25, 0.3) is 33.3 Å². The lowest BCUT2D eigenvalue weighted by atomic mass is 9.99. The molecule has 202 valence electrons. The molecule has 5 aromatic rings. The number of nitrogens with one attached hydrogen (secondary N) is 2. The largest absolute Gasteiger partial charge is 0.319 e. The molecule has 1 amide bonds. The molecule has 1 aliphatic heterocycles. The number of carbonyl (C=O) groups excluding carboxylic acids is 1. The Kier molecular flexibility index (Phi) is 7.04. The summed E-state index contributed by atoms with van der Waals surface area (Å²) in [5, 5.41) is 10.2. The molecule has 0 atom stereocenters. The predicted octanol–water partition coefficient (Wildman–Crippen LogP) is 6.95. The summed E-state index contributed by atoms with van der Waals surface area (Å²) in [6.45, 7) is 2.43. The Morgan fingerprint density at radius 2 is 1.73 bits per heavy atom. The first kappa shape index (κ1) is 25.8. The summed E-state index contributed by atoms with van der Waals surface area (Å²) in [6.07, 6.45) is 4.83. The van der Waals surface area contributed by atoms with Gasteiger partial charge in [-0.1, -0.05) is 24.6 Å². The van der Waals surface area contributed by atoms with Crippen LogP contribution in [0.2, 0.25) is 0 Å². The normalized spacial score (nSPS) is 14.0. The molecule has 2 N–H and O–H groups in total. The number of piperidine rings is 1. The SMILES string of the molecule is O=C(Nc1ccc(-c2ccccc2F)nc1)c1n[nH]c2ccc(-c3cc(CN4CCCCC4)cc(F)c3F)cc12. The van der Waals surface area contributed by atoms with Gasteiger partial charge < -0.3 is 5.32 Å². The summed E-state index contributed by atoms with van der Waals surface area (Å²) in [7, 11) is 0. The van der Waals surface area contributed by atoms with Gasteiger partial charge >= 0.3 is 0 Å². The molecule has 1 aliphatic rings. The average Bonchev–Trinajstić information content (AvgIpc) is 3.40. The zero-order valence-electron chi connectivity index (χ0n) is 21.6. The van der Waals surface area contributed by atoms with Crippen LogP contribution in [0.15, 0.2) is 72.9 Å². The number of aromatic amines is 1. The fourth-order valence-corrected chi connectivity index (χ4v) is 5.16. The van der Waals surface area contributed by atoms with Crippen molar-refractivity contribution in [3.8, 4) is 22.4 Å². The summed E-state index contributed by atoms with van der Waals surface area (Å²) in [5.74, 6) is -2.73. The van der Waals surface area contributed by atoms with Crippen molar-refractivity contribution in [2.75, 3.05) is 18.4 Å². The molecule has 0 radical (unpaired) electrons. The number of likely N-dealkylation sites (tertiary alicyclic amines) is 1. The van der Waals surface area contributed by atoms with Gasteiger partial charge in [-0.2, -0.15) is 5.10 Å². The third-order valence-corrected chi connectivity index (χ3v) is 7.20. The zero-order chi connectivity index (χ0) is 27.6. The van der Waals surface area contributed by atoms with Gasteiger partial charge in [0, 0.05) is 23.1 Å². The molecule has 0 saturated carbocycles. The molecule has 6 rings (SSSR count). The third-order valence-electron chi connectivity index (χ3n) is 7.20. The highest BCUT2D eigenvalue weighted by atomic mass is 19.2. The van der Waals surface area contributed by atoms with E-state index in [2.05, 4.69) is 25.4 Å². The molecule has 1 fully saturated rings. The van der Waals surface area contributed by atoms with Crippen molar-refractivity contribution in [2.24, 2.45) is 0 Å². The van der Waals surface area contributed by atoms with Crippen LogP contribution in [0, 0.1) is 17.5 Å². The van der Waals surface area contributed by atoms with E-state index in [-0.39, 0.29) is 17.1 Å². The molecule has 0 unspecified atom stereocenters. The van der Waals surface area contributed by atoms with Gasteiger partial charge in [0.25, 0.3) is 5.91 Å². The van der Waals surface area contributed by atoms with Gasteiger partial charge in [0.15, 0.2) is 17.3 Å². The standard InChI is InChI=1S/C31H26F3N5O/c32-25-7-3-2-6-22(25)27-11-9-21(17-35-27)36-31(40)30-24-16-20(8-10-28(24)37-38-30)23-14-19(15-26(33)29(23)34)18-39-12-4-1-5-13-39/h2-3,6-11,14-17H,1,4-5,12-13,18H2,(H,36,40)(H,37,38). The Morgan fingerprint density at radius 1 is 0.900 bits per heavy atom. The number of pyridine rings is 1. The summed E-state index contributed by atoms with van der Waals surface area (Å²) in [6, 6.07) is 17.5. The van der Waals surface area contributed by atoms with E-state index in [9.17, 15) is 18.0 Å². The Balaban J connectivity index is 1.26. The second-order valence-electron chi connectivity index (χ2n) is 9.97. The predicted molar refractivity (Wildman–Crippen MR) is 148 cm³/mol. The number of hydrogen-bond donors (Lipinski definition) is 2. The number of H-pyrrole nitrogens is 1. The van der Waals surface area contributed by atoms with E-state index in [4.69, 9.17) is 0 Å². The van der Waals surface area contributed by atoms with Crippen molar-refractivity contribution < 1.29 is 18.0 Å². The number of anilines is 1. The number of carbonyl (C=O) groups is 1. The molecular weight excluding hydrogens is 515 g/mol. The quantitative estimate of drug-likeness (QED) is 0.244. The van der Waals surface area contributed by atoms with E-state index in [0.717, 1.165) is 25.9 Å². The fraction of sp³-hybridized carbons (Fsp3) is 0.194. The molecule has 0 spiro atoms. The summed E-state index contributed by atoms with van der Waals surface area (Å²) < 4.78 is 43.7. The number of fused-ring (bicyclic) bond motifs is 1. The highest BCUT2D eigenvalue weighted by Crippen LogP contribution is 2.31. The first-order valence-electron chi connectivity index (χ1n) is 13.2. The van der Waals surface area contributed by atoms with Crippen molar-refractivity contribution in [2.45, 2.75) is 25.8 Å². The van der Waals surface area contributed by atoms with Crippen molar-refractivity contribution in [1.82, 2.24) is 20.1 Å². The minimum atomic E-state index is -0.933. The van der Waals surface area contributed by atoms with Crippen LogP contribution in [0.1, 0.15) is 35.3 Å². The van der Waals surface area contributed by atoms with Crippen LogP contribution in [0.5, 0.6) is 0 Å². The number of hydrogen-bond acceptors (Lipinski definition) is 4. The number of amides is 1. The van der Waals surface area contributed by atoms with Crippen LogP contribution in [0.3, 0.4) is 0 Å². The highest BCUT2D eigenvalue weighted by Gasteiger charge is 2.19. The maximum absolute atomic E-state index is 15.0. The zero-order valence-corrected chi connectivity index (χ0v) is 21.6. The topological polar surface area (TPSA) is 73.9 Å². The number of rotatable bonds is 6. The maximum atomic E-state index is 15.0. The van der Waals surface area contributed by atoms with E-state index in [1.54, 1.807) is 54.6 Å². The molecule has 3 heterocycles. The van der Waals surface area contributed by atoms with Gasteiger partial charge in [-0.3, -0.25) is 19.8 Å². The third kappa shape index (κ3) is 5.20. The first-order valence-corrected chi connectivity index (χ1v) is 13.2. The molecule has 6 nitrogen and oxygen atoms in total. The smallest absolute Gasteiger partial charge is 0.276 e. The van der Waals surface area contributed by atoms with Crippen LogP contribution >= 0.6 is 0 Å². The Bertz CT molecular complexity index is 1690. The summed E-state index contributed by atoms with van der Waals surface area (Å²) >= 11 is 0. The number of aromatic nitrogens is 3. The molecular formula is C31H26F3N5O. The molecule has 2 aromatic heterocycles. The lowest BCUT2D eigenvalue weighted by Crippen LogP contribution is -2.29. The van der Waals surface area contributed by atoms with Crippen molar-refractivity contribution in [3.63, 3.8) is 0 Å². The van der Waals surface area contributed by atoms with E-state index >= 15 is 0 Å². The summed E-state index contributed by atoms with van der Waals surface area (Å²) in [5.41, 5.74) is 3.14. The monoisotopic (exact) mass is 541 g/mol. The number of benzene rings is 3. The maximum Gasteiger partial charge on any atom is 0.276 e. The van der Waals surface area contributed by atoms with Gasteiger partial charge in [0.2, 0.25) is 0 Å². The van der Waals surface area contributed by atoms with Crippen LogP contribution in [-0.4, -0.2) is 39.1 Å². The van der Waals surface area contributed by atoms with Gasteiger partial charge in [-0.05, 0) is 85.6 Å². The van der Waals surface area contributed by atoms with Crippen LogP contribution in [-0.2, 0) is 6.54 Å². The average molecular weight is 542 g/mol. The van der Waals surface area contributed by atoms with E-state index in [0.29, 0.717) is 45.5 Å². The van der Waals surface area contributed by atoms with Crippen LogP contribution < -0.4 is 5.32 Å². The molecule has 3 aromatic carbocycles. The molecule has 40 heavy (non-hydrogen) atoms. The Labute approximate surface area is 228 Å². The second kappa shape index (κ2) is 10.9. The van der Waals surface area contributed by atoms with Gasteiger partial charge in [0.05, 0.1) is 23.1 Å². The van der Waals surface area contributed by atoms with Crippen LogP contribution in [0.4, 0.5) is 18.9 Å². The van der Waals surface area contributed by atoms with Gasteiger partial charge in [-0.15, -0.1) is 0 Å². The first-order chi connectivity index (χ1) is 19.5. The van der Waals surface area contributed by atoms with Gasteiger partial charge in [0.1, 0.15) is 5.82 Å². The second-order valence-corrected chi connectivity index (χ2v) is 9.97. The molecule has 9 heteroatoms.